The van der Waals surface area contributed by atoms with E-state index < -0.39 is 6.10 Å². The predicted octanol–water partition coefficient (Wildman–Crippen LogP) is 26.3. The zero-order valence-electron chi connectivity index (χ0n) is 56.8. The highest BCUT2D eigenvalue weighted by Gasteiger charge is 2.20. The van der Waals surface area contributed by atoms with E-state index in [2.05, 4.69) is 32.9 Å². The summed E-state index contributed by atoms with van der Waals surface area (Å²) in [5, 5.41) is 0. The molecule has 1 unspecified atom stereocenters. The topological polar surface area (TPSA) is 78.9 Å². The van der Waals surface area contributed by atoms with Gasteiger partial charge in [-0.2, -0.15) is 0 Å². The van der Waals surface area contributed by atoms with Crippen molar-refractivity contribution >= 4 is 17.9 Å². The highest BCUT2D eigenvalue weighted by atomic mass is 16.6. The molecule has 0 spiro atoms. The number of carbonyl (C=O) groups is 3. The van der Waals surface area contributed by atoms with Gasteiger partial charge in [0.05, 0.1) is 0 Å². The molecule has 0 aliphatic rings. The van der Waals surface area contributed by atoms with E-state index in [1.54, 1.807) is 0 Å². The van der Waals surface area contributed by atoms with Gasteiger partial charge in [0.1, 0.15) is 13.2 Å². The second-order valence-corrected chi connectivity index (χ2v) is 26.3. The monoisotopic (exact) mass is 1170 g/mol. The van der Waals surface area contributed by atoms with Crippen molar-refractivity contribution in [3.8, 4) is 0 Å². The molecule has 0 bridgehead atoms. The van der Waals surface area contributed by atoms with Crippen molar-refractivity contribution in [2.75, 3.05) is 13.2 Å². The minimum absolute atomic E-state index is 0.0640. The van der Waals surface area contributed by atoms with Gasteiger partial charge in [-0.1, -0.05) is 392 Å². The molecule has 492 valence electrons. The molecule has 0 radical (unpaired) electrons. The Labute approximate surface area is 520 Å². The SMILES string of the molecule is CCCCCCCC/C=C\CCCCCCCCCC(=O)OCC(COC(=O)CCCCCCCCCCCCCCCCCCCCCCCCCCCCCCCC)OC(=O)CCCCCCCCCCCCCCCCCCCC. The van der Waals surface area contributed by atoms with Crippen LogP contribution in [0.25, 0.3) is 0 Å². The van der Waals surface area contributed by atoms with E-state index in [0.717, 1.165) is 57.8 Å². The minimum Gasteiger partial charge on any atom is -0.462 e. The normalized spacial score (nSPS) is 12.0. The fourth-order valence-electron chi connectivity index (χ4n) is 12.0. The molecule has 0 aliphatic carbocycles. The first-order valence-electron chi connectivity index (χ1n) is 38.2. The molecule has 0 aromatic carbocycles. The van der Waals surface area contributed by atoms with Crippen LogP contribution in [0.15, 0.2) is 12.2 Å². The molecule has 83 heavy (non-hydrogen) atoms. The number of rotatable bonds is 72. The van der Waals surface area contributed by atoms with Gasteiger partial charge < -0.3 is 14.2 Å². The van der Waals surface area contributed by atoms with E-state index >= 15 is 0 Å². The molecule has 1 atom stereocenters. The second-order valence-electron chi connectivity index (χ2n) is 26.3. The van der Waals surface area contributed by atoms with Gasteiger partial charge in [-0.15, -0.1) is 0 Å². The molecule has 0 amide bonds. The average Bonchev–Trinajstić information content (AvgIpc) is 3.49. The Balaban J connectivity index is 4.17. The van der Waals surface area contributed by atoms with E-state index in [0.29, 0.717) is 19.3 Å². The lowest BCUT2D eigenvalue weighted by Crippen LogP contribution is -2.30. The van der Waals surface area contributed by atoms with Gasteiger partial charge >= 0.3 is 17.9 Å². The number of hydrogen-bond acceptors (Lipinski definition) is 6. The molecule has 0 aliphatic heterocycles. The van der Waals surface area contributed by atoms with Gasteiger partial charge in [0, 0.05) is 19.3 Å². The molecule has 0 aromatic heterocycles. The summed E-state index contributed by atoms with van der Waals surface area (Å²) in [6.07, 6.45) is 88.4. The second kappa shape index (κ2) is 72.6. The highest BCUT2D eigenvalue weighted by Crippen LogP contribution is 2.20. The first-order chi connectivity index (χ1) is 41.0. The van der Waals surface area contributed by atoms with Crippen molar-refractivity contribution in [3.05, 3.63) is 12.2 Å². The van der Waals surface area contributed by atoms with Gasteiger partial charge in [0.25, 0.3) is 0 Å². The summed E-state index contributed by atoms with van der Waals surface area (Å²) in [5.41, 5.74) is 0. The fraction of sp³-hybridized carbons (Fsp3) is 0.935. The lowest BCUT2D eigenvalue weighted by molar-refractivity contribution is -0.167. The molecule has 0 N–H and O–H groups in total. The molecular formula is C77H148O6. The summed E-state index contributed by atoms with van der Waals surface area (Å²) in [7, 11) is 0. The third kappa shape index (κ3) is 70.8. The van der Waals surface area contributed by atoms with Gasteiger partial charge in [-0.05, 0) is 44.9 Å². The lowest BCUT2D eigenvalue weighted by Gasteiger charge is -2.18. The molecule has 6 heteroatoms. The molecule has 0 saturated carbocycles. The molecule has 0 aromatic rings. The van der Waals surface area contributed by atoms with Crippen LogP contribution in [-0.4, -0.2) is 37.2 Å². The van der Waals surface area contributed by atoms with Crippen LogP contribution in [0.4, 0.5) is 0 Å². The lowest BCUT2D eigenvalue weighted by atomic mass is 10.0. The maximum atomic E-state index is 13.0. The summed E-state index contributed by atoms with van der Waals surface area (Å²) in [5.74, 6) is -0.829. The van der Waals surface area contributed by atoms with Gasteiger partial charge in [0.15, 0.2) is 6.10 Å². The Morgan fingerprint density at radius 3 is 0.602 bits per heavy atom. The summed E-state index contributed by atoms with van der Waals surface area (Å²) >= 11 is 0. The maximum absolute atomic E-state index is 13.0. The number of hydrogen-bond donors (Lipinski definition) is 0. The van der Waals surface area contributed by atoms with Crippen LogP contribution in [-0.2, 0) is 28.6 Å². The Morgan fingerprint density at radius 2 is 0.398 bits per heavy atom. The molecule has 0 rings (SSSR count). The quantitative estimate of drug-likeness (QED) is 0.0261. The largest absolute Gasteiger partial charge is 0.462 e. The van der Waals surface area contributed by atoms with Crippen LogP contribution >= 0.6 is 0 Å². The molecule has 0 heterocycles. The third-order valence-electron chi connectivity index (χ3n) is 17.8. The molecular weight excluding hydrogens is 1020 g/mol. The van der Waals surface area contributed by atoms with Crippen molar-refractivity contribution in [1.29, 1.82) is 0 Å². The van der Waals surface area contributed by atoms with Crippen LogP contribution in [0.1, 0.15) is 445 Å². The van der Waals surface area contributed by atoms with Crippen molar-refractivity contribution < 1.29 is 28.6 Å². The average molecular weight is 1170 g/mol. The predicted molar refractivity (Wildman–Crippen MR) is 363 cm³/mol. The van der Waals surface area contributed by atoms with E-state index in [-0.39, 0.29) is 31.1 Å². The van der Waals surface area contributed by atoms with Crippen molar-refractivity contribution in [1.82, 2.24) is 0 Å². The van der Waals surface area contributed by atoms with Gasteiger partial charge in [-0.25, -0.2) is 0 Å². The zero-order valence-corrected chi connectivity index (χ0v) is 56.8. The number of ether oxygens (including phenoxy) is 3. The van der Waals surface area contributed by atoms with E-state index in [1.165, 1.54) is 347 Å². The van der Waals surface area contributed by atoms with Crippen molar-refractivity contribution in [2.24, 2.45) is 0 Å². The van der Waals surface area contributed by atoms with Crippen LogP contribution in [0.3, 0.4) is 0 Å². The Bertz CT molecular complexity index is 1300. The smallest absolute Gasteiger partial charge is 0.306 e. The Kier molecular flexibility index (Phi) is 71.0. The van der Waals surface area contributed by atoms with Crippen LogP contribution in [0.5, 0.6) is 0 Å². The first-order valence-corrected chi connectivity index (χ1v) is 38.2. The Morgan fingerprint density at radius 1 is 0.229 bits per heavy atom. The Hall–Kier alpha value is -1.85. The van der Waals surface area contributed by atoms with Crippen molar-refractivity contribution in [2.45, 2.75) is 451 Å². The molecule has 0 fully saturated rings. The molecule has 0 saturated heterocycles. The zero-order chi connectivity index (χ0) is 59.9. The summed E-state index contributed by atoms with van der Waals surface area (Å²) in [6.45, 7) is 6.74. The third-order valence-corrected chi connectivity index (χ3v) is 17.8. The van der Waals surface area contributed by atoms with Crippen LogP contribution < -0.4 is 0 Å². The van der Waals surface area contributed by atoms with Gasteiger partial charge in [0.2, 0.25) is 0 Å². The standard InChI is InChI=1S/C77H148O6/c1-4-7-10-13-16-19-22-25-28-31-33-34-35-36-37-38-39-40-41-42-43-44-47-49-52-55-58-61-64-67-70-76(79)82-73-74(72-81-75(78)69-66-63-60-57-54-51-48-45-30-27-24-21-18-15-12-9-6-3)83-77(80)71-68-65-62-59-56-53-50-46-32-29-26-23-20-17-14-11-8-5-2/h27,30,74H,4-26,28-29,31-73H2,1-3H3/b30-27-. The van der Waals surface area contributed by atoms with Crippen LogP contribution in [0.2, 0.25) is 0 Å². The van der Waals surface area contributed by atoms with E-state index in [9.17, 15) is 14.4 Å². The fourth-order valence-corrected chi connectivity index (χ4v) is 12.0. The first kappa shape index (κ1) is 81.2. The maximum Gasteiger partial charge on any atom is 0.306 e. The minimum atomic E-state index is -0.769. The van der Waals surface area contributed by atoms with Gasteiger partial charge in [-0.3, -0.25) is 14.4 Å². The van der Waals surface area contributed by atoms with Crippen LogP contribution in [0, 0.1) is 0 Å². The van der Waals surface area contributed by atoms with E-state index in [4.69, 9.17) is 14.2 Å². The summed E-state index contributed by atoms with van der Waals surface area (Å²) < 4.78 is 17.0. The highest BCUT2D eigenvalue weighted by molar-refractivity contribution is 5.71. The number of carbonyl (C=O) groups excluding carboxylic acids is 3. The summed E-state index contributed by atoms with van der Waals surface area (Å²) in [6, 6.07) is 0. The van der Waals surface area contributed by atoms with E-state index in [1.807, 2.05) is 0 Å². The number of unbranched alkanes of at least 4 members (excludes halogenated alkanes) is 59. The number of esters is 3. The molecule has 6 nitrogen and oxygen atoms in total. The summed E-state index contributed by atoms with van der Waals surface area (Å²) in [4.78, 5) is 38.5. The number of allylic oxidation sites excluding steroid dienone is 2. The van der Waals surface area contributed by atoms with Crippen molar-refractivity contribution in [3.63, 3.8) is 0 Å².